The van der Waals surface area contributed by atoms with E-state index in [4.69, 9.17) is 0 Å². The summed E-state index contributed by atoms with van der Waals surface area (Å²) < 4.78 is 0. The lowest BCUT2D eigenvalue weighted by Crippen LogP contribution is -2.52. The Morgan fingerprint density at radius 1 is 0.971 bits per heavy atom. The predicted octanol–water partition coefficient (Wildman–Crippen LogP) is 4.00. The van der Waals surface area contributed by atoms with Crippen molar-refractivity contribution in [2.45, 2.75) is 51.5 Å². The van der Waals surface area contributed by atoms with Crippen LogP contribution in [0.5, 0.6) is 0 Å². The summed E-state index contributed by atoms with van der Waals surface area (Å²) in [7, 11) is 0. The molecule has 3 heterocycles. The van der Waals surface area contributed by atoms with Crippen molar-refractivity contribution in [2.75, 3.05) is 41.3 Å². The summed E-state index contributed by atoms with van der Waals surface area (Å²) >= 11 is 0. The molecular weight excluding hydrogens is 428 g/mol. The van der Waals surface area contributed by atoms with Gasteiger partial charge in [-0.1, -0.05) is 26.0 Å². The van der Waals surface area contributed by atoms with Crippen LogP contribution in [0.3, 0.4) is 0 Å². The second-order valence-electron chi connectivity index (χ2n) is 9.80. The summed E-state index contributed by atoms with van der Waals surface area (Å²) in [6, 6.07) is 13.2. The highest BCUT2D eigenvalue weighted by molar-refractivity contribution is 6.11. The lowest BCUT2D eigenvalue weighted by molar-refractivity contribution is -0.122. The minimum atomic E-state index is -0.251. The third-order valence-corrected chi connectivity index (χ3v) is 7.18. The Morgan fingerprint density at radius 3 is 2.41 bits per heavy atom. The summed E-state index contributed by atoms with van der Waals surface area (Å²) in [5.41, 5.74) is 4.06. The van der Waals surface area contributed by atoms with E-state index in [1.54, 1.807) is 11.0 Å². The molecule has 1 atom stereocenters. The number of nitrogens with one attached hydrogen (secondary N) is 1. The smallest absolute Gasteiger partial charge is 0.253 e. The third kappa shape index (κ3) is 4.15. The zero-order valence-electron chi connectivity index (χ0n) is 19.9. The molecule has 0 aliphatic carbocycles. The minimum absolute atomic E-state index is 0.00839. The molecule has 1 N–H and O–H groups in total. The van der Waals surface area contributed by atoms with E-state index < -0.39 is 0 Å². The third-order valence-electron chi connectivity index (χ3n) is 7.18. The van der Waals surface area contributed by atoms with Gasteiger partial charge in [-0.2, -0.15) is 0 Å². The van der Waals surface area contributed by atoms with Gasteiger partial charge in [-0.25, -0.2) is 0 Å². The van der Waals surface area contributed by atoms with Crippen molar-refractivity contribution in [3.63, 3.8) is 0 Å². The molecule has 0 saturated carbocycles. The molecule has 7 nitrogen and oxygen atoms in total. The molecule has 7 heteroatoms. The average molecular weight is 461 g/mol. The largest absolute Gasteiger partial charge is 0.358 e. The van der Waals surface area contributed by atoms with Crippen molar-refractivity contribution >= 4 is 34.8 Å². The molecule has 178 valence electrons. The molecule has 2 aromatic rings. The van der Waals surface area contributed by atoms with Crippen molar-refractivity contribution in [1.29, 1.82) is 0 Å². The SMILES string of the molecule is CC(C)c1ccc(NC(=O)CN2C(=O)[C@@H]3CCCN3c3ccc(C(=O)N4CCCC4)cc32)cc1. The number of anilines is 3. The number of nitrogens with zero attached hydrogens (tertiary/aromatic N) is 3. The van der Waals surface area contributed by atoms with Gasteiger partial charge in [0.05, 0.1) is 11.4 Å². The molecule has 3 aliphatic rings. The number of fused-ring (bicyclic) bond motifs is 3. The highest BCUT2D eigenvalue weighted by Gasteiger charge is 2.41. The molecule has 0 bridgehead atoms. The van der Waals surface area contributed by atoms with Crippen LogP contribution in [0.2, 0.25) is 0 Å². The van der Waals surface area contributed by atoms with Crippen molar-refractivity contribution < 1.29 is 14.4 Å². The Morgan fingerprint density at radius 2 is 1.71 bits per heavy atom. The highest BCUT2D eigenvalue weighted by Crippen LogP contribution is 2.40. The summed E-state index contributed by atoms with van der Waals surface area (Å²) in [6.07, 6.45) is 3.76. The highest BCUT2D eigenvalue weighted by atomic mass is 16.2. The van der Waals surface area contributed by atoms with Crippen molar-refractivity contribution in [2.24, 2.45) is 0 Å². The molecule has 3 amide bonds. The van der Waals surface area contributed by atoms with Gasteiger partial charge in [0.25, 0.3) is 5.91 Å². The van der Waals surface area contributed by atoms with Crippen molar-refractivity contribution in [1.82, 2.24) is 4.90 Å². The van der Waals surface area contributed by atoms with Crippen LogP contribution in [0.15, 0.2) is 42.5 Å². The second-order valence-corrected chi connectivity index (χ2v) is 9.80. The van der Waals surface area contributed by atoms with E-state index in [2.05, 4.69) is 24.1 Å². The Bertz CT molecular complexity index is 1110. The number of rotatable bonds is 5. The Labute approximate surface area is 200 Å². The Kier molecular flexibility index (Phi) is 6.02. The van der Waals surface area contributed by atoms with Gasteiger partial charge in [-0.05, 0) is 67.5 Å². The van der Waals surface area contributed by atoms with Crippen LogP contribution < -0.4 is 15.1 Å². The first-order valence-corrected chi connectivity index (χ1v) is 12.3. The maximum Gasteiger partial charge on any atom is 0.253 e. The molecular formula is C27H32N4O3. The number of amides is 3. The lowest BCUT2D eigenvalue weighted by atomic mass is 10.0. The number of benzene rings is 2. The predicted molar refractivity (Wildman–Crippen MR) is 133 cm³/mol. The van der Waals surface area contributed by atoms with Gasteiger partial charge in [-0.3, -0.25) is 19.3 Å². The van der Waals surface area contributed by atoms with E-state index in [1.165, 1.54) is 5.56 Å². The maximum atomic E-state index is 13.4. The normalized spacial score (nSPS) is 19.4. The van der Waals surface area contributed by atoms with Gasteiger partial charge in [0.1, 0.15) is 12.6 Å². The van der Waals surface area contributed by atoms with Gasteiger partial charge in [-0.15, -0.1) is 0 Å². The van der Waals surface area contributed by atoms with Crippen LogP contribution in [0.1, 0.15) is 61.4 Å². The van der Waals surface area contributed by atoms with Crippen LogP contribution in [-0.4, -0.2) is 54.8 Å². The number of carbonyl (C=O) groups is 3. The summed E-state index contributed by atoms with van der Waals surface area (Å²) in [6.45, 7) is 6.52. The number of hydrogen-bond acceptors (Lipinski definition) is 4. The zero-order chi connectivity index (χ0) is 23.8. The molecule has 2 saturated heterocycles. The number of carbonyl (C=O) groups excluding carboxylic acids is 3. The molecule has 3 aliphatic heterocycles. The lowest BCUT2D eigenvalue weighted by Gasteiger charge is -2.39. The molecule has 5 rings (SSSR count). The summed E-state index contributed by atoms with van der Waals surface area (Å²) in [4.78, 5) is 45.0. The van der Waals surface area contributed by atoms with Gasteiger partial charge >= 0.3 is 0 Å². The van der Waals surface area contributed by atoms with E-state index in [0.717, 1.165) is 51.0 Å². The van der Waals surface area contributed by atoms with Gasteiger partial charge in [0, 0.05) is 30.9 Å². The standard InChI is InChI=1S/C27H32N4O3/c1-18(2)19-7-10-21(11-8-19)28-25(32)17-31-24-16-20(26(33)29-13-3-4-14-29)9-12-22(24)30-15-5-6-23(30)27(31)34/h7-12,16,18,23H,3-6,13-15,17H2,1-2H3,(H,28,32)/t23-/m0/s1. The first kappa shape index (κ1) is 22.4. The van der Waals surface area contributed by atoms with Crippen LogP contribution in [0, 0.1) is 0 Å². The van der Waals surface area contributed by atoms with Gasteiger partial charge in [0.15, 0.2) is 0 Å². The molecule has 0 spiro atoms. The van der Waals surface area contributed by atoms with Crippen LogP contribution in [0.25, 0.3) is 0 Å². The van der Waals surface area contributed by atoms with E-state index >= 15 is 0 Å². The first-order valence-electron chi connectivity index (χ1n) is 12.3. The Balaban J connectivity index is 1.40. The van der Waals surface area contributed by atoms with Crippen molar-refractivity contribution in [3.8, 4) is 0 Å². The van der Waals surface area contributed by atoms with E-state index in [-0.39, 0.29) is 30.3 Å². The zero-order valence-corrected chi connectivity index (χ0v) is 19.9. The summed E-state index contributed by atoms with van der Waals surface area (Å²) in [5.74, 6) is 0.0883. The quantitative estimate of drug-likeness (QED) is 0.732. The van der Waals surface area contributed by atoms with E-state index in [9.17, 15) is 14.4 Å². The first-order chi connectivity index (χ1) is 16.4. The minimum Gasteiger partial charge on any atom is -0.358 e. The molecule has 2 fully saturated rings. The summed E-state index contributed by atoms with van der Waals surface area (Å²) in [5, 5.41) is 2.93. The molecule has 0 aromatic heterocycles. The fraction of sp³-hybridized carbons (Fsp3) is 0.444. The average Bonchev–Trinajstić information content (AvgIpc) is 3.54. The maximum absolute atomic E-state index is 13.4. The molecule has 34 heavy (non-hydrogen) atoms. The van der Waals surface area contributed by atoms with Crippen molar-refractivity contribution in [3.05, 3.63) is 53.6 Å². The van der Waals surface area contributed by atoms with Crippen LogP contribution >= 0.6 is 0 Å². The van der Waals surface area contributed by atoms with Crippen LogP contribution in [-0.2, 0) is 9.59 Å². The number of hydrogen-bond donors (Lipinski definition) is 1. The van der Waals surface area contributed by atoms with E-state index in [0.29, 0.717) is 22.9 Å². The van der Waals surface area contributed by atoms with Gasteiger partial charge < -0.3 is 15.1 Å². The van der Waals surface area contributed by atoms with Crippen LogP contribution in [0.4, 0.5) is 17.1 Å². The molecule has 0 unspecified atom stereocenters. The molecule has 2 aromatic carbocycles. The van der Waals surface area contributed by atoms with E-state index in [1.807, 2.05) is 41.3 Å². The fourth-order valence-electron chi connectivity index (χ4n) is 5.29. The Hall–Kier alpha value is -3.35. The fourth-order valence-corrected chi connectivity index (χ4v) is 5.29. The number of likely N-dealkylation sites (tertiary alicyclic amines) is 1. The molecule has 0 radical (unpaired) electrons. The topological polar surface area (TPSA) is 73.0 Å². The second kappa shape index (κ2) is 9.12. The van der Waals surface area contributed by atoms with Gasteiger partial charge in [0.2, 0.25) is 11.8 Å². The monoisotopic (exact) mass is 460 g/mol.